The number of hydrogen-bond acceptors (Lipinski definition) is 4. The van der Waals surface area contributed by atoms with Gasteiger partial charge in [-0.15, -0.1) is 0 Å². The summed E-state index contributed by atoms with van der Waals surface area (Å²) in [6, 6.07) is 7.35. The zero-order valence-electron chi connectivity index (χ0n) is 19.6. The number of likely N-dealkylation sites (tertiary alicyclic amines) is 1. The fourth-order valence-corrected chi connectivity index (χ4v) is 5.87. The molecule has 5 nitrogen and oxygen atoms in total. The number of phenolic OH excluding ortho intramolecular Hbond substituents is 1. The molecule has 172 valence electrons. The molecule has 0 bridgehead atoms. The first-order valence-corrected chi connectivity index (χ1v) is 12.0. The summed E-state index contributed by atoms with van der Waals surface area (Å²) in [5.41, 5.74) is 4.98. The molecule has 1 aromatic rings. The van der Waals surface area contributed by atoms with Crippen LogP contribution in [-0.2, 0) is 14.3 Å². The van der Waals surface area contributed by atoms with Crippen LogP contribution in [0.15, 0.2) is 41.0 Å². The van der Waals surface area contributed by atoms with Gasteiger partial charge in [0.25, 0.3) is 0 Å². The van der Waals surface area contributed by atoms with E-state index in [1.54, 1.807) is 19.2 Å². The van der Waals surface area contributed by atoms with E-state index in [0.29, 0.717) is 18.9 Å². The van der Waals surface area contributed by atoms with E-state index in [1.807, 2.05) is 12.1 Å². The summed E-state index contributed by atoms with van der Waals surface area (Å²) in [5, 5.41) is 9.79. The summed E-state index contributed by atoms with van der Waals surface area (Å²) in [6.07, 6.45) is 6.73. The number of carbonyl (C=O) groups excluding carboxylic acids is 2. The highest BCUT2D eigenvalue weighted by molar-refractivity contribution is 6.05. The summed E-state index contributed by atoms with van der Waals surface area (Å²) in [4.78, 5) is 26.9. The van der Waals surface area contributed by atoms with Crippen molar-refractivity contribution in [3.63, 3.8) is 0 Å². The van der Waals surface area contributed by atoms with Crippen LogP contribution >= 0.6 is 0 Å². The molecule has 1 aliphatic carbocycles. The Labute approximate surface area is 191 Å². The number of ether oxygens (including phenoxy) is 1. The molecule has 2 aliphatic heterocycles. The Bertz CT molecular complexity index is 960. The number of rotatable bonds is 7. The molecular formula is C27H35NO4. The number of phenols is 1. The maximum atomic E-state index is 12.9. The standard InChI is InChI=1S/C27H35NO4/c1-5-7-17(12-18-8-6-9-19(29)13-18)10-11-23-24-20(16(2)3)14-21-25(22(24)15-32-23)27(31)28(4)26(21)30/h6,8-9,12-13,16,21-23,25,29H,5,7,10-11,14-15H2,1-4H3/b17-12+/t21-,22+,23-,25-/m1/s1. The minimum Gasteiger partial charge on any atom is -0.508 e. The van der Waals surface area contributed by atoms with Crippen LogP contribution in [-0.4, -0.2) is 41.6 Å². The average Bonchev–Trinajstić information content (AvgIpc) is 3.27. The van der Waals surface area contributed by atoms with Crippen LogP contribution in [0.3, 0.4) is 0 Å². The monoisotopic (exact) mass is 437 g/mol. The van der Waals surface area contributed by atoms with Crippen LogP contribution in [0.25, 0.3) is 6.08 Å². The molecule has 32 heavy (non-hydrogen) atoms. The van der Waals surface area contributed by atoms with E-state index in [2.05, 4.69) is 26.8 Å². The second-order valence-electron chi connectivity index (χ2n) is 9.82. The third-order valence-corrected chi connectivity index (χ3v) is 7.40. The highest BCUT2D eigenvalue weighted by Gasteiger charge is 2.56. The van der Waals surface area contributed by atoms with Gasteiger partial charge in [0.05, 0.1) is 24.5 Å². The van der Waals surface area contributed by atoms with Gasteiger partial charge in [-0.2, -0.15) is 0 Å². The lowest BCUT2D eigenvalue weighted by Crippen LogP contribution is -2.34. The van der Waals surface area contributed by atoms with Gasteiger partial charge in [0, 0.05) is 13.0 Å². The van der Waals surface area contributed by atoms with Gasteiger partial charge in [0.1, 0.15) is 5.75 Å². The molecule has 2 saturated heterocycles. The van der Waals surface area contributed by atoms with Gasteiger partial charge in [0.15, 0.2) is 0 Å². The summed E-state index contributed by atoms with van der Waals surface area (Å²) in [7, 11) is 1.62. The van der Waals surface area contributed by atoms with Crippen LogP contribution in [0.2, 0.25) is 0 Å². The van der Waals surface area contributed by atoms with Gasteiger partial charge in [-0.3, -0.25) is 14.5 Å². The Morgan fingerprint density at radius 1 is 1.22 bits per heavy atom. The number of nitrogens with zero attached hydrogens (tertiary/aromatic N) is 1. The molecule has 1 N–H and O–H groups in total. The summed E-state index contributed by atoms with van der Waals surface area (Å²) < 4.78 is 6.30. The predicted octanol–water partition coefficient (Wildman–Crippen LogP) is 4.96. The average molecular weight is 438 g/mol. The summed E-state index contributed by atoms with van der Waals surface area (Å²) in [5.74, 6) is 0.104. The number of fused-ring (bicyclic) bond motifs is 3. The number of hydrogen-bond donors (Lipinski definition) is 1. The highest BCUT2D eigenvalue weighted by atomic mass is 16.5. The van der Waals surface area contributed by atoms with Crippen molar-refractivity contribution in [2.45, 2.75) is 59.0 Å². The van der Waals surface area contributed by atoms with Crippen molar-refractivity contribution >= 4 is 17.9 Å². The molecule has 2 amide bonds. The number of imide groups is 1. The molecule has 3 aliphatic rings. The SMILES string of the molecule is CCC/C(=C\c1cccc(O)c1)CC[C@H]1OC[C@H]2C1=C(C(C)C)C[C@H]1C(=O)N(C)C(=O)[C@H]12. The van der Waals surface area contributed by atoms with Gasteiger partial charge < -0.3 is 9.84 Å². The predicted molar refractivity (Wildman–Crippen MR) is 125 cm³/mol. The van der Waals surface area contributed by atoms with Gasteiger partial charge in [-0.05, 0) is 54.9 Å². The Kier molecular flexibility index (Phi) is 6.57. The zero-order valence-corrected chi connectivity index (χ0v) is 19.6. The van der Waals surface area contributed by atoms with Gasteiger partial charge >= 0.3 is 0 Å². The molecule has 2 fully saturated rings. The van der Waals surface area contributed by atoms with Crippen LogP contribution in [0.4, 0.5) is 0 Å². The summed E-state index contributed by atoms with van der Waals surface area (Å²) >= 11 is 0. The molecular weight excluding hydrogens is 402 g/mol. The third-order valence-electron chi connectivity index (χ3n) is 7.40. The maximum Gasteiger partial charge on any atom is 0.233 e. The largest absolute Gasteiger partial charge is 0.508 e. The lowest BCUT2D eigenvalue weighted by Gasteiger charge is -2.33. The lowest BCUT2D eigenvalue weighted by molar-refractivity contribution is -0.138. The fraction of sp³-hybridized carbons (Fsp3) is 0.556. The van der Waals surface area contributed by atoms with Crippen LogP contribution in [0.5, 0.6) is 5.75 Å². The number of allylic oxidation sites excluding steroid dienone is 2. The minimum absolute atomic E-state index is 0.0107. The zero-order chi connectivity index (χ0) is 23.0. The number of aromatic hydroxyl groups is 1. The molecule has 2 heterocycles. The normalized spacial score (nSPS) is 28.0. The van der Waals surface area contributed by atoms with E-state index in [0.717, 1.165) is 31.2 Å². The number of carbonyl (C=O) groups is 2. The van der Waals surface area contributed by atoms with Crippen LogP contribution in [0, 0.1) is 23.7 Å². The fourth-order valence-electron chi connectivity index (χ4n) is 5.87. The lowest BCUT2D eigenvalue weighted by atomic mass is 9.67. The molecule has 0 saturated carbocycles. The highest BCUT2D eigenvalue weighted by Crippen LogP contribution is 2.51. The first kappa shape index (κ1) is 22.8. The topological polar surface area (TPSA) is 66.8 Å². The second kappa shape index (κ2) is 9.22. The van der Waals surface area contributed by atoms with Crippen LogP contribution < -0.4 is 0 Å². The van der Waals surface area contributed by atoms with E-state index in [4.69, 9.17) is 4.74 Å². The smallest absolute Gasteiger partial charge is 0.233 e. The molecule has 0 spiro atoms. The Morgan fingerprint density at radius 3 is 2.69 bits per heavy atom. The molecule has 4 atom stereocenters. The third kappa shape index (κ3) is 4.15. The van der Waals surface area contributed by atoms with Gasteiger partial charge in [0.2, 0.25) is 11.8 Å². The Hall–Kier alpha value is -2.40. The van der Waals surface area contributed by atoms with Crippen molar-refractivity contribution in [2.75, 3.05) is 13.7 Å². The van der Waals surface area contributed by atoms with E-state index < -0.39 is 0 Å². The maximum absolute atomic E-state index is 12.9. The van der Waals surface area contributed by atoms with Crippen molar-refractivity contribution in [3.8, 4) is 5.75 Å². The van der Waals surface area contributed by atoms with Crippen molar-refractivity contribution in [1.82, 2.24) is 4.90 Å². The summed E-state index contributed by atoms with van der Waals surface area (Å²) in [6.45, 7) is 7.08. The van der Waals surface area contributed by atoms with Crippen molar-refractivity contribution in [3.05, 3.63) is 46.5 Å². The van der Waals surface area contributed by atoms with Crippen LogP contribution in [0.1, 0.15) is 58.4 Å². The first-order valence-electron chi connectivity index (χ1n) is 12.0. The van der Waals surface area contributed by atoms with E-state index in [9.17, 15) is 14.7 Å². The van der Waals surface area contributed by atoms with Crippen molar-refractivity contribution in [1.29, 1.82) is 0 Å². The van der Waals surface area contributed by atoms with Crippen molar-refractivity contribution in [2.24, 2.45) is 23.7 Å². The molecule has 0 unspecified atom stereocenters. The van der Waals surface area contributed by atoms with E-state index in [-0.39, 0.29) is 41.4 Å². The number of amides is 2. The van der Waals surface area contributed by atoms with Crippen molar-refractivity contribution < 1.29 is 19.4 Å². The molecule has 0 aromatic heterocycles. The molecule has 5 heteroatoms. The van der Waals surface area contributed by atoms with Gasteiger partial charge in [-0.25, -0.2) is 0 Å². The molecule has 0 radical (unpaired) electrons. The molecule has 4 rings (SSSR count). The quantitative estimate of drug-likeness (QED) is 0.484. The molecule has 1 aromatic carbocycles. The Balaban J connectivity index is 1.57. The Morgan fingerprint density at radius 2 is 2.00 bits per heavy atom. The van der Waals surface area contributed by atoms with E-state index in [1.165, 1.54) is 21.6 Å². The minimum atomic E-state index is -0.257. The van der Waals surface area contributed by atoms with E-state index >= 15 is 0 Å². The first-order chi connectivity index (χ1) is 15.3. The second-order valence-corrected chi connectivity index (χ2v) is 9.82. The number of benzene rings is 1. The van der Waals surface area contributed by atoms with Gasteiger partial charge in [-0.1, -0.05) is 56.5 Å².